The Morgan fingerprint density at radius 1 is 1.25 bits per heavy atom. The Hall–Kier alpha value is -3.78. The Bertz CT molecular complexity index is 1130. The summed E-state index contributed by atoms with van der Waals surface area (Å²) in [6.45, 7) is 4.07. The van der Waals surface area contributed by atoms with E-state index in [1.165, 1.54) is 6.07 Å². The van der Waals surface area contributed by atoms with Crippen molar-refractivity contribution in [3.05, 3.63) is 71.8 Å². The van der Waals surface area contributed by atoms with Crippen molar-refractivity contribution in [2.45, 2.75) is 24.9 Å². The number of hydrogen-bond acceptors (Lipinski definition) is 5. The van der Waals surface area contributed by atoms with Gasteiger partial charge in [0.1, 0.15) is 5.71 Å². The van der Waals surface area contributed by atoms with E-state index in [4.69, 9.17) is 4.99 Å². The van der Waals surface area contributed by atoms with Gasteiger partial charge in [-0.3, -0.25) is 4.99 Å². The highest BCUT2D eigenvalue weighted by atomic mass is 16.4. The van der Waals surface area contributed by atoms with Gasteiger partial charge in [0.15, 0.2) is 5.84 Å². The first kappa shape index (κ1) is 21.5. The molecule has 1 fully saturated rings. The molecule has 1 aliphatic heterocycles. The molecule has 2 aromatic carbocycles. The zero-order valence-corrected chi connectivity index (χ0v) is 17.7. The van der Waals surface area contributed by atoms with E-state index in [1.807, 2.05) is 30.3 Å². The number of nitrogens with one attached hydrogen (secondary N) is 2. The predicted octanol–water partition coefficient (Wildman–Crippen LogP) is 2.94. The number of fused-ring (bicyclic) bond motifs is 1. The molecular weight excluding hydrogens is 406 g/mol. The molecule has 0 amide bonds. The molecule has 2 aliphatic rings. The largest absolute Gasteiger partial charge is 0.478 e. The second-order valence-corrected chi connectivity index (χ2v) is 7.69. The molecule has 0 saturated heterocycles. The van der Waals surface area contributed by atoms with Gasteiger partial charge in [-0.25, -0.2) is 14.8 Å². The summed E-state index contributed by atoms with van der Waals surface area (Å²) in [4.78, 5) is 25.0. The minimum absolute atomic E-state index is 0.128. The Kier molecular flexibility index (Phi) is 6.13. The quantitative estimate of drug-likeness (QED) is 0.429. The van der Waals surface area contributed by atoms with Crippen LogP contribution in [0.1, 0.15) is 40.4 Å². The lowest BCUT2D eigenvalue weighted by molar-refractivity contribution is 0.0697. The van der Waals surface area contributed by atoms with Gasteiger partial charge in [0, 0.05) is 24.2 Å². The molecule has 4 rings (SSSR count). The van der Waals surface area contributed by atoms with Crippen molar-refractivity contribution in [2.24, 2.45) is 15.0 Å². The number of carboxylic acids is 1. The minimum Gasteiger partial charge on any atom is -0.478 e. The van der Waals surface area contributed by atoms with Crippen molar-refractivity contribution >= 4 is 34.7 Å². The summed E-state index contributed by atoms with van der Waals surface area (Å²) in [5.41, 5.74) is 3.49. The van der Waals surface area contributed by atoms with Crippen molar-refractivity contribution in [3.63, 3.8) is 0 Å². The summed E-state index contributed by atoms with van der Waals surface area (Å²) in [5.74, 6) is -0.138. The van der Waals surface area contributed by atoms with Gasteiger partial charge in [-0.1, -0.05) is 43.0 Å². The fraction of sp³-hybridized carbons (Fsp3) is 0.250. The molecule has 0 radical (unpaired) electrons. The van der Waals surface area contributed by atoms with Crippen LogP contribution in [0.25, 0.3) is 5.57 Å². The third-order valence-corrected chi connectivity index (χ3v) is 5.35. The molecule has 8 nitrogen and oxygen atoms in total. The van der Waals surface area contributed by atoms with Gasteiger partial charge in [0.05, 0.1) is 23.9 Å². The maximum absolute atomic E-state index is 11.4. The lowest BCUT2D eigenvalue weighted by Crippen LogP contribution is -2.37. The number of hydrogen-bond donors (Lipinski definition) is 4. The first-order chi connectivity index (χ1) is 15.5. The Balaban J connectivity index is 1.68. The van der Waals surface area contributed by atoms with Crippen molar-refractivity contribution in [3.8, 4) is 0 Å². The SMILES string of the molecule is C=C1/C(=N\C(=N/C)NC(CO)c2ccccc2)C(NC2CC2)=Nc2cc(C(=O)O)ccc21. The number of guanidine groups is 1. The Labute approximate surface area is 186 Å². The van der Waals surface area contributed by atoms with Crippen LogP contribution in [0.3, 0.4) is 0 Å². The van der Waals surface area contributed by atoms with Crippen LogP contribution in [-0.4, -0.2) is 53.4 Å². The third kappa shape index (κ3) is 4.60. The number of carboxylic acid groups (broad SMARTS) is 1. The van der Waals surface area contributed by atoms with E-state index in [1.54, 1.807) is 19.2 Å². The summed E-state index contributed by atoms with van der Waals surface area (Å²) in [7, 11) is 1.62. The average Bonchev–Trinajstić information content (AvgIpc) is 3.62. The summed E-state index contributed by atoms with van der Waals surface area (Å²) in [5, 5.41) is 25.8. The Morgan fingerprint density at radius 2 is 2.00 bits per heavy atom. The monoisotopic (exact) mass is 431 g/mol. The van der Waals surface area contributed by atoms with Crippen LogP contribution < -0.4 is 10.6 Å². The summed E-state index contributed by atoms with van der Waals surface area (Å²) in [6.07, 6.45) is 2.07. The Morgan fingerprint density at radius 3 is 2.62 bits per heavy atom. The molecule has 1 saturated carbocycles. The van der Waals surface area contributed by atoms with Gasteiger partial charge in [-0.15, -0.1) is 0 Å². The maximum Gasteiger partial charge on any atom is 0.335 e. The van der Waals surface area contributed by atoms with Crippen LogP contribution in [0.4, 0.5) is 5.69 Å². The molecule has 0 bridgehead atoms. The topological polar surface area (TPSA) is 119 Å². The second-order valence-electron chi connectivity index (χ2n) is 7.69. The van der Waals surface area contributed by atoms with Gasteiger partial charge in [-0.2, -0.15) is 0 Å². The molecule has 32 heavy (non-hydrogen) atoms. The predicted molar refractivity (Wildman–Crippen MR) is 126 cm³/mol. The number of aliphatic hydroxyl groups excluding tert-OH is 1. The lowest BCUT2D eigenvalue weighted by Gasteiger charge is -2.23. The number of carbonyl (C=O) groups is 1. The van der Waals surface area contributed by atoms with Gasteiger partial charge in [0.25, 0.3) is 0 Å². The normalized spacial score (nSPS) is 18.1. The number of aromatic carboxylic acids is 1. The standard InChI is InChI=1S/C24H25N5O3/c1-14-18-11-8-16(23(31)32)12-19(18)27-22(26-17-9-10-17)21(14)29-24(25-2)28-20(13-30)15-6-4-3-5-7-15/h3-8,11-12,17,20,30H,1,9-10,13H2,2H3,(H,25,28)(H,26,27)(H,31,32)/b29-21+. The number of nitrogens with zero attached hydrogens (tertiary/aromatic N) is 3. The molecule has 1 heterocycles. The van der Waals surface area contributed by atoms with Crippen LogP contribution in [0, 0.1) is 0 Å². The van der Waals surface area contributed by atoms with E-state index in [2.05, 4.69) is 27.2 Å². The van der Waals surface area contributed by atoms with E-state index >= 15 is 0 Å². The molecule has 2 aromatic rings. The van der Waals surface area contributed by atoms with Crippen molar-refractivity contribution in [1.29, 1.82) is 0 Å². The number of amidine groups is 1. The average molecular weight is 431 g/mol. The van der Waals surface area contributed by atoms with E-state index in [0.29, 0.717) is 40.4 Å². The molecule has 1 atom stereocenters. The zero-order chi connectivity index (χ0) is 22.7. The zero-order valence-electron chi connectivity index (χ0n) is 17.7. The summed E-state index contributed by atoms with van der Waals surface area (Å²) >= 11 is 0. The van der Waals surface area contributed by atoms with Crippen molar-refractivity contribution in [1.82, 2.24) is 10.6 Å². The number of aliphatic hydroxyl groups is 1. The first-order valence-corrected chi connectivity index (χ1v) is 10.4. The second kappa shape index (κ2) is 9.15. The van der Waals surface area contributed by atoms with Gasteiger partial charge in [-0.05, 0) is 30.5 Å². The smallest absolute Gasteiger partial charge is 0.335 e. The highest BCUT2D eigenvalue weighted by Crippen LogP contribution is 2.33. The molecule has 8 heteroatoms. The minimum atomic E-state index is -1.01. The third-order valence-electron chi connectivity index (χ3n) is 5.35. The molecule has 1 unspecified atom stereocenters. The molecule has 164 valence electrons. The van der Waals surface area contributed by atoms with E-state index < -0.39 is 5.97 Å². The molecular formula is C24H25N5O3. The number of aliphatic imine (C=N–C) groups is 3. The fourth-order valence-electron chi connectivity index (χ4n) is 3.43. The number of benzene rings is 2. The van der Waals surface area contributed by atoms with Crippen LogP contribution in [0.5, 0.6) is 0 Å². The van der Waals surface area contributed by atoms with E-state index in [9.17, 15) is 15.0 Å². The summed E-state index contributed by atoms with van der Waals surface area (Å²) in [6, 6.07) is 14.3. The first-order valence-electron chi connectivity index (χ1n) is 10.4. The van der Waals surface area contributed by atoms with Crippen LogP contribution in [0.15, 0.2) is 70.1 Å². The molecule has 0 spiro atoms. The van der Waals surface area contributed by atoms with E-state index in [-0.39, 0.29) is 18.2 Å². The van der Waals surface area contributed by atoms with Gasteiger partial charge < -0.3 is 20.8 Å². The van der Waals surface area contributed by atoms with Gasteiger partial charge in [0.2, 0.25) is 5.96 Å². The number of rotatable bonds is 5. The molecule has 0 aromatic heterocycles. The fourth-order valence-corrected chi connectivity index (χ4v) is 3.43. The van der Waals surface area contributed by atoms with E-state index in [0.717, 1.165) is 18.4 Å². The van der Waals surface area contributed by atoms with Crippen molar-refractivity contribution < 1.29 is 15.0 Å². The van der Waals surface area contributed by atoms with Crippen LogP contribution in [-0.2, 0) is 0 Å². The lowest BCUT2D eigenvalue weighted by atomic mass is 9.95. The van der Waals surface area contributed by atoms with Crippen LogP contribution in [0.2, 0.25) is 0 Å². The highest BCUT2D eigenvalue weighted by molar-refractivity contribution is 6.60. The van der Waals surface area contributed by atoms with Gasteiger partial charge >= 0.3 is 5.97 Å². The summed E-state index contributed by atoms with van der Waals surface area (Å²) < 4.78 is 0. The van der Waals surface area contributed by atoms with Crippen molar-refractivity contribution in [2.75, 3.05) is 13.7 Å². The highest BCUT2D eigenvalue weighted by Gasteiger charge is 2.29. The molecule has 4 N–H and O–H groups in total. The maximum atomic E-state index is 11.4. The van der Waals surface area contributed by atoms with Crippen LogP contribution >= 0.6 is 0 Å². The molecule has 1 aliphatic carbocycles.